The predicted octanol–water partition coefficient (Wildman–Crippen LogP) is 3.62. The molecule has 0 bridgehead atoms. The molecule has 1 aliphatic carbocycles. The Kier molecular flexibility index (Phi) is 4.79. The molecule has 1 unspecified atom stereocenters. The topological polar surface area (TPSA) is 75.6 Å². The Labute approximate surface area is 140 Å². The van der Waals surface area contributed by atoms with E-state index in [1.807, 2.05) is 42.5 Å². The molecular formula is C19H19NO4. The van der Waals surface area contributed by atoms with Gasteiger partial charge in [0.25, 0.3) is 0 Å². The summed E-state index contributed by atoms with van der Waals surface area (Å²) in [5.74, 6) is -0.517. The zero-order chi connectivity index (χ0) is 16.9. The SMILES string of the molecule is O=C(NC(C(=O)O)c1ccc(C2CC2)cc1)OCc1ccccc1. The highest BCUT2D eigenvalue weighted by Crippen LogP contribution is 2.40. The smallest absolute Gasteiger partial charge is 0.408 e. The van der Waals surface area contributed by atoms with Crippen molar-refractivity contribution in [3.8, 4) is 0 Å². The standard InChI is InChI=1S/C19H19NO4/c21-18(22)17(16-10-8-15(9-11-16)14-6-7-14)20-19(23)24-12-13-4-2-1-3-5-13/h1-5,8-11,14,17H,6-7,12H2,(H,20,23)(H,21,22). The summed E-state index contributed by atoms with van der Waals surface area (Å²) in [5, 5.41) is 11.8. The maximum Gasteiger partial charge on any atom is 0.408 e. The lowest BCUT2D eigenvalue weighted by atomic mass is 10.0. The first-order valence-corrected chi connectivity index (χ1v) is 7.93. The minimum Gasteiger partial charge on any atom is -0.479 e. The maximum atomic E-state index is 11.9. The number of carbonyl (C=O) groups excluding carboxylic acids is 1. The molecule has 3 rings (SSSR count). The molecule has 1 fully saturated rings. The Morgan fingerprint density at radius 2 is 1.75 bits per heavy atom. The number of carbonyl (C=O) groups is 2. The summed E-state index contributed by atoms with van der Waals surface area (Å²) in [6.07, 6.45) is 1.62. The van der Waals surface area contributed by atoms with Gasteiger partial charge >= 0.3 is 12.1 Å². The summed E-state index contributed by atoms with van der Waals surface area (Å²) in [4.78, 5) is 23.4. The fraction of sp³-hybridized carbons (Fsp3) is 0.263. The van der Waals surface area contributed by atoms with Crippen LogP contribution in [0.1, 0.15) is 41.5 Å². The van der Waals surface area contributed by atoms with Gasteiger partial charge in [-0.2, -0.15) is 0 Å². The molecule has 1 aliphatic rings. The highest BCUT2D eigenvalue weighted by atomic mass is 16.5. The Morgan fingerprint density at radius 1 is 1.08 bits per heavy atom. The van der Waals surface area contributed by atoms with Crippen LogP contribution < -0.4 is 5.32 Å². The second-order valence-corrected chi connectivity index (χ2v) is 5.92. The number of rotatable bonds is 6. The molecule has 2 N–H and O–H groups in total. The van der Waals surface area contributed by atoms with E-state index in [-0.39, 0.29) is 6.61 Å². The number of ether oxygens (including phenoxy) is 1. The molecule has 2 aromatic carbocycles. The predicted molar refractivity (Wildman–Crippen MR) is 88.6 cm³/mol. The van der Waals surface area contributed by atoms with Gasteiger partial charge in [0, 0.05) is 0 Å². The van der Waals surface area contributed by atoms with Crippen molar-refractivity contribution in [2.75, 3.05) is 0 Å². The van der Waals surface area contributed by atoms with E-state index in [9.17, 15) is 14.7 Å². The van der Waals surface area contributed by atoms with Crippen molar-refractivity contribution < 1.29 is 19.4 Å². The van der Waals surface area contributed by atoms with Crippen LogP contribution in [0.15, 0.2) is 54.6 Å². The van der Waals surface area contributed by atoms with E-state index < -0.39 is 18.1 Å². The summed E-state index contributed by atoms with van der Waals surface area (Å²) < 4.78 is 5.09. The van der Waals surface area contributed by atoms with Crippen molar-refractivity contribution in [2.24, 2.45) is 0 Å². The molecule has 1 amide bonds. The summed E-state index contributed by atoms with van der Waals surface area (Å²) in [6.45, 7) is 0.0969. The van der Waals surface area contributed by atoms with Gasteiger partial charge in [-0.25, -0.2) is 9.59 Å². The van der Waals surface area contributed by atoms with Crippen LogP contribution in [0.2, 0.25) is 0 Å². The molecule has 5 nitrogen and oxygen atoms in total. The zero-order valence-corrected chi connectivity index (χ0v) is 13.1. The molecule has 0 aliphatic heterocycles. The van der Waals surface area contributed by atoms with E-state index in [2.05, 4.69) is 5.32 Å². The number of amides is 1. The first kappa shape index (κ1) is 16.1. The van der Waals surface area contributed by atoms with Crippen molar-refractivity contribution in [3.63, 3.8) is 0 Å². The van der Waals surface area contributed by atoms with Gasteiger partial charge in [0.1, 0.15) is 6.61 Å². The zero-order valence-electron chi connectivity index (χ0n) is 13.1. The number of carboxylic acid groups (broad SMARTS) is 1. The third kappa shape index (κ3) is 4.13. The average Bonchev–Trinajstić information content (AvgIpc) is 3.44. The molecule has 0 aromatic heterocycles. The van der Waals surface area contributed by atoms with Gasteiger partial charge in [0.15, 0.2) is 6.04 Å². The average molecular weight is 325 g/mol. The van der Waals surface area contributed by atoms with Crippen molar-refractivity contribution in [3.05, 3.63) is 71.3 Å². The Bertz CT molecular complexity index is 708. The molecule has 1 saturated carbocycles. The van der Waals surface area contributed by atoms with E-state index in [0.29, 0.717) is 11.5 Å². The summed E-state index contributed by atoms with van der Waals surface area (Å²) in [6, 6.07) is 15.5. The van der Waals surface area contributed by atoms with Crippen LogP contribution in [0.5, 0.6) is 0 Å². The number of aliphatic carboxylic acids is 1. The van der Waals surface area contributed by atoms with Gasteiger partial charge in [-0.05, 0) is 35.4 Å². The van der Waals surface area contributed by atoms with Crippen molar-refractivity contribution in [1.82, 2.24) is 5.32 Å². The molecular weight excluding hydrogens is 306 g/mol. The normalized spacial score (nSPS) is 14.7. The lowest BCUT2D eigenvalue weighted by Gasteiger charge is -2.15. The molecule has 24 heavy (non-hydrogen) atoms. The molecule has 0 heterocycles. The number of hydrogen-bond acceptors (Lipinski definition) is 3. The maximum absolute atomic E-state index is 11.9. The third-order valence-electron chi connectivity index (χ3n) is 4.04. The second-order valence-electron chi connectivity index (χ2n) is 5.92. The van der Waals surface area contributed by atoms with Gasteiger partial charge in [-0.3, -0.25) is 0 Å². The van der Waals surface area contributed by atoms with E-state index in [4.69, 9.17) is 4.74 Å². The van der Waals surface area contributed by atoms with E-state index in [0.717, 1.165) is 5.56 Å². The van der Waals surface area contributed by atoms with Gasteiger partial charge < -0.3 is 15.2 Å². The fourth-order valence-corrected chi connectivity index (χ4v) is 2.55. The van der Waals surface area contributed by atoms with Gasteiger partial charge in [-0.1, -0.05) is 54.6 Å². The van der Waals surface area contributed by atoms with Crippen molar-refractivity contribution in [1.29, 1.82) is 0 Å². The Hall–Kier alpha value is -2.82. The highest BCUT2D eigenvalue weighted by Gasteiger charge is 2.26. The summed E-state index contributed by atoms with van der Waals surface area (Å²) >= 11 is 0. The molecule has 2 aromatic rings. The number of nitrogens with one attached hydrogen (secondary N) is 1. The largest absolute Gasteiger partial charge is 0.479 e. The monoisotopic (exact) mass is 325 g/mol. The second kappa shape index (κ2) is 7.17. The molecule has 0 radical (unpaired) electrons. The quantitative estimate of drug-likeness (QED) is 0.850. The number of alkyl carbamates (subject to hydrolysis) is 1. The minimum absolute atomic E-state index is 0.0969. The van der Waals surface area contributed by atoms with Crippen LogP contribution in [0.4, 0.5) is 4.79 Å². The van der Waals surface area contributed by atoms with Crippen molar-refractivity contribution in [2.45, 2.75) is 31.4 Å². The first-order valence-electron chi connectivity index (χ1n) is 7.93. The first-order chi connectivity index (χ1) is 11.6. The molecule has 0 saturated heterocycles. The van der Waals surface area contributed by atoms with Gasteiger partial charge in [0.2, 0.25) is 0 Å². The van der Waals surface area contributed by atoms with Crippen LogP contribution in [-0.4, -0.2) is 17.2 Å². The van der Waals surface area contributed by atoms with Crippen LogP contribution >= 0.6 is 0 Å². The summed E-state index contributed by atoms with van der Waals surface area (Å²) in [5.41, 5.74) is 2.59. The lowest BCUT2D eigenvalue weighted by molar-refractivity contribution is -0.139. The van der Waals surface area contributed by atoms with E-state index in [1.54, 1.807) is 12.1 Å². The molecule has 5 heteroatoms. The molecule has 0 spiro atoms. The molecule has 1 atom stereocenters. The summed E-state index contributed by atoms with van der Waals surface area (Å²) in [7, 11) is 0. The van der Waals surface area contributed by atoms with Gasteiger partial charge in [-0.15, -0.1) is 0 Å². The number of hydrogen-bond donors (Lipinski definition) is 2. The Morgan fingerprint density at radius 3 is 2.33 bits per heavy atom. The van der Waals surface area contributed by atoms with Crippen molar-refractivity contribution >= 4 is 12.1 Å². The van der Waals surface area contributed by atoms with E-state index >= 15 is 0 Å². The fourth-order valence-electron chi connectivity index (χ4n) is 2.55. The lowest BCUT2D eigenvalue weighted by Crippen LogP contribution is -2.34. The number of benzene rings is 2. The van der Waals surface area contributed by atoms with E-state index in [1.165, 1.54) is 18.4 Å². The van der Waals surface area contributed by atoms with Crippen LogP contribution in [0.25, 0.3) is 0 Å². The highest BCUT2D eigenvalue weighted by molar-refractivity contribution is 5.81. The van der Waals surface area contributed by atoms with Crippen LogP contribution in [0.3, 0.4) is 0 Å². The van der Waals surface area contributed by atoms with Gasteiger partial charge in [0.05, 0.1) is 0 Å². The third-order valence-corrected chi connectivity index (χ3v) is 4.04. The van der Waals surface area contributed by atoms with Crippen LogP contribution in [-0.2, 0) is 16.1 Å². The number of carboxylic acids is 1. The molecule has 124 valence electrons. The minimum atomic E-state index is -1.12. The Balaban J connectivity index is 1.60. The van der Waals surface area contributed by atoms with Crippen LogP contribution in [0, 0.1) is 0 Å².